The van der Waals surface area contributed by atoms with Crippen molar-refractivity contribution in [1.29, 1.82) is 0 Å². The molecule has 2 aromatic heterocycles. The number of carbonyl (C=O) groups is 2. The van der Waals surface area contributed by atoms with Crippen LogP contribution in [0.15, 0.2) is 55.4 Å². The van der Waals surface area contributed by atoms with E-state index in [-0.39, 0.29) is 23.0 Å². The first-order chi connectivity index (χ1) is 19.4. The van der Waals surface area contributed by atoms with Crippen LogP contribution in [-0.4, -0.2) is 70.5 Å². The molecule has 4 N–H and O–H groups in total. The molecule has 0 saturated heterocycles. The van der Waals surface area contributed by atoms with E-state index in [1.54, 1.807) is 18.2 Å². The van der Waals surface area contributed by atoms with Crippen LogP contribution < -0.4 is 21.1 Å². The number of anilines is 2. The van der Waals surface area contributed by atoms with E-state index in [2.05, 4.69) is 27.1 Å². The molecule has 0 spiro atoms. The number of nitrogen functional groups attached to an aromatic ring is 1. The number of rotatable bonds is 9. The van der Waals surface area contributed by atoms with Gasteiger partial charge in [-0.2, -0.15) is 13.2 Å². The maximum absolute atomic E-state index is 12.7. The molecule has 4 aromatic rings. The predicted octanol–water partition coefficient (Wildman–Crippen LogP) is 3.53. The summed E-state index contributed by atoms with van der Waals surface area (Å²) in [7, 11) is 5.08. The Bertz CT molecular complexity index is 1630. The Morgan fingerprint density at radius 1 is 1.17 bits per heavy atom. The second kappa shape index (κ2) is 11.6. The highest BCUT2D eigenvalue weighted by atomic mass is 19.4. The van der Waals surface area contributed by atoms with Crippen LogP contribution in [0.5, 0.6) is 5.75 Å². The van der Waals surface area contributed by atoms with E-state index in [9.17, 15) is 22.8 Å². The number of ether oxygens (including phenoxy) is 1. The Balaban J connectivity index is 1.88. The third-order valence-corrected chi connectivity index (χ3v) is 5.96. The van der Waals surface area contributed by atoms with Gasteiger partial charge in [0.1, 0.15) is 29.8 Å². The van der Waals surface area contributed by atoms with Crippen molar-refractivity contribution in [2.75, 3.05) is 38.8 Å². The minimum absolute atomic E-state index is 0.0404. The van der Waals surface area contributed by atoms with Gasteiger partial charge in [0.25, 0.3) is 5.91 Å². The molecule has 0 aliphatic carbocycles. The Kier molecular flexibility index (Phi) is 8.23. The van der Waals surface area contributed by atoms with Gasteiger partial charge in [-0.25, -0.2) is 4.98 Å². The summed E-state index contributed by atoms with van der Waals surface area (Å²) in [4.78, 5) is 30.5. The molecule has 2 heterocycles. The van der Waals surface area contributed by atoms with Crippen LogP contribution in [0.1, 0.15) is 15.9 Å². The summed E-state index contributed by atoms with van der Waals surface area (Å²) in [6.07, 6.45) is -2.14. The summed E-state index contributed by atoms with van der Waals surface area (Å²) in [5, 5.41) is 13.5. The molecule has 0 saturated carbocycles. The van der Waals surface area contributed by atoms with Gasteiger partial charge in [0.2, 0.25) is 5.91 Å². The fraction of sp³-hybridized carbons (Fsp3) is 0.222. The second-order valence-electron chi connectivity index (χ2n) is 9.22. The summed E-state index contributed by atoms with van der Waals surface area (Å²) < 4.78 is 44.6. The number of halogens is 3. The number of nitrogens with two attached hydrogens (primary N) is 1. The summed E-state index contributed by atoms with van der Waals surface area (Å²) in [5.41, 5.74) is 10.0. The van der Waals surface area contributed by atoms with E-state index in [0.717, 1.165) is 5.56 Å². The van der Waals surface area contributed by atoms with Crippen LogP contribution in [0.2, 0.25) is 0 Å². The van der Waals surface area contributed by atoms with Crippen molar-refractivity contribution in [2.45, 2.75) is 12.7 Å². The summed E-state index contributed by atoms with van der Waals surface area (Å²) in [5.74, 6) is -1.14. The number of carbonyl (C=O) groups excluding carboxylic acids is 2. The number of hydrogen-bond donors (Lipinski definition) is 3. The number of nitrogens with zero attached hydrogens (tertiary/aromatic N) is 5. The normalized spacial score (nSPS) is 11.5. The molecule has 4 rings (SSSR count). The second-order valence-corrected chi connectivity index (χ2v) is 9.22. The molecule has 0 fully saturated rings. The molecule has 2 aromatic carbocycles. The van der Waals surface area contributed by atoms with Crippen LogP contribution in [-0.2, 0) is 11.3 Å². The summed E-state index contributed by atoms with van der Waals surface area (Å²) in [6.45, 7) is 2.50. The fourth-order valence-electron chi connectivity index (χ4n) is 4.22. The van der Waals surface area contributed by atoms with Crippen molar-refractivity contribution < 1.29 is 27.5 Å². The Hall–Kier alpha value is -4.98. The Labute approximate surface area is 232 Å². The highest BCUT2D eigenvalue weighted by Gasteiger charge is 2.29. The van der Waals surface area contributed by atoms with Gasteiger partial charge >= 0.3 is 6.18 Å². The maximum atomic E-state index is 12.7. The smallest absolute Gasteiger partial charge is 0.405 e. The lowest BCUT2D eigenvalue weighted by Gasteiger charge is -2.16. The molecule has 0 atom stereocenters. The number of hydrogen-bond acceptors (Lipinski definition) is 8. The lowest BCUT2D eigenvalue weighted by Crippen LogP contribution is -2.33. The molecule has 2 amide bonds. The van der Waals surface area contributed by atoms with Crippen molar-refractivity contribution in [3.63, 3.8) is 0 Å². The molecule has 11 nitrogen and oxygen atoms in total. The van der Waals surface area contributed by atoms with E-state index < -0.39 is 18.6 Å². The molecular formula is C27H27F3N8O3. The first kappa shape index (κ1) is 29.0. The number of methoxy groups -OCH3 is 1. The molecule has 214 valence electrons. The Morgan fingerprint density at radius 3 is 2.56 bits per heavy atom. The van der Waals surface area contributed by atoms with E-state index in [4.69, 9.17) is 10.5 Å². The summed E-state index contributed by atoms with van der Waals surface area (Å²) >= 11 is 0. The van der Waals surface area contributed by atoms with E-state index in [1.165, 1.54) is 36.3 Å². The number of benzene rings is 2. The highest BCUT2D eigenvalue weighted by Crippen LogP contribution is 2.39. The lowest BCUT2D eigenvalue weighted by atomic mass is 9.96. The van der Waals surface area contributed by atoms with Gasteiger partial charge < -0.3 is 26.0 Å². The third kappa shape index (κ3) is 6.44. The zero-order valence-electron chi connectivity index (χ0n) is 22.4. The molecule has 41 heavy (non-hydrogen) atoms. The van der Waals surface area contributed by atoms with E-state index in [1.807, 2.05) is 30.4 Å². The van der Waals surface area contributed by atoms with Gasteiger partial charge in [0.05, 0.1) is 12.7 Å². The van der Waals surface area contributed by atoms with Crippen LogP contribution in [0.3, 0.4) is 0 Å². The zero-order valence-corrected chi connectivity index (χ0v) is 22.4. The number of fused-ring (bicyclic) bond motifs is 1. The van der Waals surface area contributed by atoms with Gasteiger partial charge in [0.15, 0.2) is 5.82 Å². The molecule has 14 heteroatoms. The van der Waals surface area contributed by atoms with Crippen LogP contribution in [0, 0.1) is 0 Å². The maximum Gasteiger partial charge on any atom is 0.405 e. The van der Waals surface area contributed by atoms with E-state index >= 15 is 0 Å². The quantitative estimate of drug-likeness (QED) is 0.261. The average molecular weight is 569 g/mol. The zero-order chi connectivity index (χ0) is 29.9. The molecule has 0 bridgehead atoms. The van der Waals surface area contributed by atoms with Crippen LogP contribution in [0.25, 0.3) is 27.9 Å². The minimum atomic E-state index is -4.57. The van der Waals surface area contributed by atoms with Gasteiger partial charge in [-0.3, -0.25) is 9.59 Å². The molecular weight excluding hydrogens is 541 g/mol. The minimum Gasteiger partial charge on any atom is -0.496 e. The average Bonchev–Trinajstić information content (AvgIpc) is 3.32. The van der Waals surface area contributed by atoms with Crippen molar-refractivity contribution >= 4 is 28.8 Å². The lowest BCUT2D eigenvalue weighted by molar-refractivity contribution is -0.123. The predicted molar refractivity (Wildman–Crippen MR) is 147 cm³/mol. The first-order valence-electron chi connectivity index (χ1n) is 12.2. The SMILES string of the molecule is C=CC(=O)Nc1ccc(-c2nn3ncnc(N)c3c2-c2ccc(C(=O)NCC(F)(F)F)c(OC)c2)cc1CN(C)C. The van der Waals surface area contributed by atoms with Crippen molar-refractivity contribution in [3.8, 4) is 28.1 Å². The molecule has 0 aliphatic rings. The number of aromatic nitrogens is 4. The van der Waals surface area contributed by atoms with Gasteiger partial charge in [-0.15, -0.1) is 14.8 Å². The van der Waals surface area contributed by atoms with Gasteiger partial charge in [-0.1, -0.05) is 18.7 Å². The number of nitrogens with one attached hydrogen (secondary N) is 2. The fourth-order valence-corrected chi connectivity index (χ4v) is 4.22. The van der Waals surface area contributed by atoms with E-state index in [0.29, 0.717) is 40.1 Å². The monoisotopic (exact) mass is 568 g/mol. The summed E-state index contributed by atoms with van der Waals surface area (Å²) in [6, 6.07) is 9.80. The standard InChI is InChI=1S/C27H27F3N8O3/c1-5-21(39)35-19-9-7-16(10-17(19)12-37(2)3)23-22(24-25(31)33-14-34-38(24)36-23)15-6-8-18(20(11-15)41-4)26(40)32-13-27(28,29)30/h5-11,14H,1,12-13H2,2-4H3,(H,32,40)(H,35,39)(H2,31,33,34). The van der Waals surface area contributed by atoms with Gasteiger partial charge in [0, 0.05) is 23.4 Å². The van der Waals surface area contributed by atoms with Crippen LogP contribution in [0.4, 0.5) is 24.7 Å². The van der Waals surface area contributed by atoms with Crippen LogP contribution >= 0.6 is 0 Å². The molecule has 0 radical (unpaired) electrons. The highest BCUT2D eigenvalue weighted by molar-refractivity contribution is 6.02. The molecule has 0 unspecified atom stereocenters. The number of amides is 2. The largest absolute Gasteiger partial charge is 0.496 e. The molecule has 0 aliphatic heterocycles. The van der Waals surface area contributed by atoms with Crippen molar-refractivity contribution in [3.05, 3.63) is 66.5 Å². The van der Waals surface area contributed by atoms with Crippen molar-refractivity contribution in [1.82, 2.24) is 30.0 Å². The van der Waals surface area contributed by atoms with Crippen molar-refractivity contribution in [2.24, 2.45) is 0 Å². The Morgan fingerprint density at radius 2 is 1.90 bits per heavy atom. The van der Waals surface area contributed by atoms with Gasteiger partial charge in [-0.05, 0) is 55.6 Å². The first-order valence-corrected chi connectivity index (χ1v) is 12.2. The topological polar surface area (TPSA) is 140 Å². The number of alkyl halides is 3. The third-order valence-electron chi connectivity index (χ3n) is 5.96.